The molecule has 0 aromatic heterocycles. The van der Waals surface area contributed by atoms with Gasteiger partial charge in [-0.1, -0.05) is 6.92 Å². The lowest BCUT2D eigenvalue weighted by Crippen LogP contribution is -2.44. The number of rotatable bonds is 6. The topological polar surface area (TPSA) is 101 Å². The van der Waals surface area contributed by atoms with Gasteiger partial charge >= 0.3 is 0 Å². The number of hydrogen-bond acceptors (Lipinski definition) is 5. The number of sulfonamides is 1. The van der Waals surface area contributed by atoms with Gasteiger partial charge < -0.3 is 5.32 Å². The van der Waals surface area contributed by atoms with Crippen molar-refractivity contribution >= 4 is 25.8 Å². The maximum absolute atomic E-state index is 11.7. The quantitative estimate of drug-likeness (QED) is 0.675. The van der Waals surface area contributed by atoms with Crippen molar-refractivity contribution in [3.05, 3.63) is 0 Å². The van der Waals surface area contributed by atoms with Crippen LogP contribution in [-0.4, -0.2) is 63.9 Å². The number of hydrogen-bond donors (Lipinski definition) is 1. The third-order valence-corrected chi connectivity index (χ3v) is 6.10. The van der Waals surface area contributed by atoms with Gasteiger partial charge in [-0.3, -0.25) is 4.79 Å². The van der Waals surface area contributed by atoms with Gasteiger partial charge in [0.25, 0.3) is 0 Å². The molecule has 1 unspecified atom stereocenters. The Hall–Kier alpha value is -0.670. The van der Waals surface area contributed by atoms with E-state index in [4.69, 9.17) is 0 Å². The van der Waals surface area contributed by atoms with Crippen LogP contribution < -0.4 is 5.32 Å². The van der Waals surface area contributed by atoms with E-state index in [1.807, 2.05) is 0 Å². The van der Waals surface area contributed by atoms with Gasteiger partial charge in [-0.15, -0.1) is 0 Å². The molecule has 0 aliphatic carbocycles. The van der Waals surface area contributed by atoms with Crippen LogP contribution in [0.4, 0.5) is 0 Å². The molecule has 1 atom stereocenters. The summed E-state index contributed by atoms with van der Waals surface area (Å²) in [6.07, 6.45) is 1.70. The summed E-state index contributed by atoms with van der Waals surface area (Å²) in [6.45, 7) is 1.99. The first kappa shape index (κ1) is 16.4. The Morgan fingerprint density at radius 1 is 1.42 bits per heavy atom. The highest BCUT2D eigenvalue weighted by molar-refractivity contribution is 7.92. The number of nitrogens with one attached hydrogen (secondary N) is 1. The zero-order chi connectivity index (χ0) is 14.7. The van der Waals surface area contributed by atoms with Crippen LogP contribution in [0.2, 0.25) is 0 Å². The monoisotopic (exact) mass is 312 g/mol. The van der Waals surface area contributed by atoms with Crippen molar-refractivity contribution in [3.8, 4) is 0 Å². The van der Waals surface area contributed by atoms with Crippen LogP contribution in [0, 0.1) is 0 Å². The predicted molar refractivity (Wildman–Crippen MR) is 71.9 cm³/mol. The van der Waals surface area contributed by atoms with Crippen molar-refractivity contribution in [1.82, 2.24) is 9.62 Å². The van der Waals surface area contributed by atoms with E-state index in [9.17, 15) is 21.6 Å². The van der Waals surface area contributed by atoms with E-state index in [1.54, 1.807) is 6.92 Å². The van der Waals surface area contributed by atoms with E-state index in [0.29, 0.717) is 12.8 Å². The molecule has 1 rings (SSSR count). The average Bonchev–Trinajstić information content (AvgIpc) is 2.62. The van der Waals surface area contributed by atoms with E-state index in [2.05, 4.69) is 5.32 Å². The van der Waals surface area contributed by atoms with Crippen LogP contribution in [0.5, 0.6) is 0 Å². The Morgan fingerprint density at radius 3 is 2.47 bits per heavy atom. The molecular weight excluding hydrogens is 292 g/mol. The van der Waals surface area contributed by atoms with Crippen LogP contribution in [0.1, 0.15) is 19.8 Å². The molecule has 19 heavy (non-hydrogen) atoms. The Kier molecular flexibility index (Phi) is 5.34. The van der Waals surface area contributed by atoms with Crippen LogP contribution in [0.3, 0.4) is 0 Å². The lowest BCUT2D eigenvalue weighted by Gasteiger charge is -2.25. The standard InChI is InChI=1S/C10H20N2O5S2/c1-3-10(13)11-5-6-12(18(2,14)15)9-4-7-19(16,17)8-9/h9H,3-8H2,1-2H3,(H,11,13). The third-order valence-electron chi connectivity index (χ3n) is 3.02. The summed E-state index contributed by atoms with van der Waals surface area (Å²) in [4.78, 5) is 11.1. The minimum Gasteiger partial charge on any atom is -0.355 e. The van der Waals surface area contributed by atoms with Gasteiger partial charge in [0.2, 0.25) is 15.9 Å². The normalized spacial score (nSPS) is 22.6. The van der Waals surface area contributed by atoms with E-state index in [0.717, 1.165) is 6.26 Å². The van der Waals surface area contributed by atoms with Gasteiger partial charge in [-0.05, 0) is 6.42 Å². The molecule has 0 radical (unpaired) electrons. The molecule has 1 N–H and O–H groups in total. The summed E-state index contributed by atoms with van der Waals surface area (Å²) in [7, 11) is -6.63. The van der Waals surface area contributed by atoms with Crippen molar-refractivity contribution in [2.24, 2.45) is 0 Å². The van der Waals surface area contributed by atoms with Gasteiger partial charge in [0.05, 0.1) is 17.8 Å². The van der Waals surface area contributed by atoms with Crippen molar-refractivity contribution < 1.29 is 21.6 Å². The Bertz CT molecular complexity index is 526. The lowest BCUT2D eigenvalue weighted by atomic mass is 10.2. The summed E-state index contributed by atoms with van der Waals surface area (Å²) in [5, 5.41) is 2.58. The summed E-state index contributed by atoms with van der Waals surface area (Å²) in [5.74, 6) is -0.278. The van der Waals surface area contributed by atoms with Gasteiger partial charge in [0.1, 0.15) is 0 Å². The fraction of sp³-hybridized carbons (Fsp3) is 0.900. The minimum absolute atomic E-state index is 0.0189. The van der Waals surface area contributed by atoms with Crippen LogP contribution in [0.15, 0.2) is 0 Å². The molecule has 1 saturated heterocycles. The fourth-order valence-electron chi connectivity index (χ4n) is 2.05. The van der Waals surface area contributed by atoms with Gasteiger partial charge in [0, 0.05) is 25.6 Å². The number of nitrogens with zero attached hydrogens (tertiary/aromatic N) is 1. The molecule has 1 heterocycles. The summed E-state index contributed by atoms with van der Waals surface area (Å²) in [6, 6.07) is -0.515. The zero-order valence-corrected chi connectivity index (χ0v) is 12.8. The molecule has 0 saturated carbocycles. The van der Waals surface area contributed by atoms with Crippen LogP contribution >= 0.6 is 0 Å². The van der Waals surface area contributed by atoms with Crippen LogP contribution in [-0.2, 0) is 24.7 Å². The third kappa shape index (κ3) is 5.07. The summed E-state index contributed by atoms with van der Waals surface area (Å²) >= 11 is 0. The number of sulfone groups is 1. The first-order chi connectivity index (χ1) is 8.65. The predicted octanol–water partition coefficient (Wildman–Crippen LogP) is -1.04. The van der Waals surface area contributed by atoms with E-state index < -0.39 is 25.9 Å². The van der Waals surface area contributed by atoms with Gasteiger partial charge in [0.15, 0.2) is 9.84 Å². The zero-order valence-electron chi connectivity index (χ0n) is 11.1. The van der Waals surface area contributed by atoms with E-state index >= 15 is 0 Å². The molecule has 0 aromatic rings. The molecule has 0 aromatic carbocycles. The van der Waals surface area contributed by atoms with E-state index in [1.165, 1.54) is 4.31 Å². The number of amides is 1. The SMILES string of the molecule is CCC(=O)NCCN(C1CCS(=O)(=O)C1)S(C)(=O)=O. The van der Waals surface area contributed by atoms with Gasteiger partial charge in [-0.2, -0.15) is 4.31 Å². The first-order valence-electron chi connectivity index (χ1n) is 6.09. The second-order valence-corrected chi connectivity index (χ2v) is 8.80. The Balaban J connectivity index is 2.67. The largest absolute Gasteiger partial charge is 0.355 e. The second-order valence-electron chi connectivity index (χ2n) is 4.63. The lowest BCUT2D eigenvalue weighted by molar-refractivity contribution is -0.120. The Labute approximate surface area is 114 Å². The molecule has 7 nitrogen and oxygen atoms in total. The second kappa shape index (κ2) is 6.19. The van der Waals surface area contributed by atoms with Crippen molar-refractivity contribution in [2.75, 3.05) is 30.9 Å². The first-order valence-corrected chi connectivity index (χ1v) is 9.76. The molecule has 1 fully saturated rings. The molecule has 112 valence electrons. The smallest absolute Gasteiger partial charge is 0.219 e. The number of carbonyl (C=O) groups is 1. The average molecular weight is 312 g/mol. The molecule has 0 bridgehead atoms. The highest BCUT2D eigenvalue weighted by Crippen LogP contribution is 2.19. The summed E-state index contributed by atoms with van der Waals surface area (Å²) < 4.78 is 47.4. The molecule has 1 amide bonds. The maximum Gasteiger partial charge on any atom is 0.219 e. The maximum atomic E-state index is 11.7. The van der Waals surface area contributed by atoms with E-state index in [-0.39, 0.29) is 30.5 Å². The molecular formula is C10H20N2O5S2. The Morgan fingerprint density at radius 2 is 2.05 bits per heavy atom. The molecule has 0 spiro atoms. The highest BCUT2D eigenvalue weighted by Gasteiger charge is 2.36. The highest BCUT2D eigenvalue weighted by atomic mass is 32.2. The van der Waals surface area contributed by atoms with Crippen molar-refractivity contribution in [1.29, 1.82) is 0 Å². The molecule has 1 aliphatic rings. The van der Waals surface area contributed by atoms with Gasteiger partial charge in [-0.25, -0.2) is 16.8 Å². The minimum atomic E-state index is -3.49. The molecule has 1 aliphatic heterocycles. The van der Waals surface area contributed by atoms with Crippen molar-refractivity contribution in [3.63, 3.8) is 0 Å². The number of carbonyl (C=O) groups excluding carboxylic acids is 1. The van der Waals surface area contributed by atoms with Crippen molar-refractivity contribution in [2.45, 2.75) is 25.8 Å². The molecule has 9 heteroatoms. The fourth-order valence-corrected chi connectivity index (χ4v) is 5.02. The summed E-state index contributed by atoms with van der Waals surface area (Å²) in [5.41, 5.74) is 0. The van der Waals surface area contributed by atoms with Crippen LogP contribution in [0.25, 0.3) is 0 Å².